The van der Waals surface area contributed by atoms with E-state index in [1.165, 1.54) is 5.56 Å². The van der Waals surface area contributed by atoms with Gasteiger partial charge in [-0.3, -0.25) is 0 Å². The van der Waals surface area contributed by atoms with E-state index in [1.54, 1.807) is 0 Å². The molecule has 1 aliphatic rings. The summed E-state index contributed by atoms with van der Waals surface area (Å²) in [5.41, 5.74) is 2.13. The van der Waals surface area contributed by atoms with Crippen molar-refractivity contribution in [3.63, 3.8) is 0 Å². The van der Waals surface area contributed by atoms with Gasteiger partial charge in [0, 0.05) is 36.5 Å². The molecule has 0 bridgehead atoms. The molecule has 1 aromatic carbocycles. The van der Waals surface area contributed by atoms with Crippen LogP contribution in [0.1, 0.15) is 24.1 Å². The smallest absolute Gasteiger partial charge is 0.224 e. The van der Waals surface area contributed by atoms with Crippen LogP contribution < -0.4 is 10.6 Å². The van der Waals surface area contributed by atoms with Gasteiger partial charge in [-0.1, -0.05) is 23.7 Å². The number of nitrogens with zero attached hydrogens (tertiary/aromatic N) is 2. The van der Waals surface area contributed by atoms with Crippen molar-refractivity contribution < 1.29 is 4.74 Å². The Balaban J connectivity index is 1.53. The molecule has 0 amide bonds. The van der Waals surface area contributed by atoms with Crippen LogP contribution in [-0.2, 0) is 11.2 Å². The van der Waals surface area contributed by atoms with E-state index < -0.39 is 0 Å². The summed E-state index contributed by atoms with van der Waals surface area (Å²) in [4.78, 5) is 8.97. The molecular weight excluding hydrogens is 324 g/mol. The number of hydrogen-bond acceptors (Lipinski definition) is 5. The average Bonchev–Trinajstić information content (AvgIpc) is 3.06. The first-order valence-corrected chi connectivity index (χ1v) is 8.76. The van der Waals surface area contributed by atoms with E-state index in [1.807, 2.05) is 31.2 Å². The summed E-state index contributed by atoms with van der Waals surface area (Å²) in [6.07, 6.45) is 3.42. The minimum absolute atomic E-state index is 0.291. The Labute approximate surface area is 147 Å². The summed E-state index contributed by atoms with van der Waals surface area (Å²) in [5, 5.41) is 7.40. The van der Waals surface area contributed by atoms with E-state index in [-0.39, 0.29) is 0 Å². The standard InChI is InChI=1S/C18H23ClN4O/c1-13-10-17(21-12-16-6-3-9-24-16)23-18(22-13)20-8-7-14-4-2-5-15(19)11-14/h2,4-5,10-11,16H,3,6-9,12H2,1H3,(H2,20,21,22,23). The minimum Gasteiger partial charge on any atom is -0.376 e. The topological polar surface area (TPSA) is 59.1 Å². The molecule has 1 fully saturated rings. The molecule has 1 aliphatic heterocycles. The number of anilines is 2. The quantitative estimate of drug-likeness (QED) is 0.800. The van der Waals surface area contributed by atoms with E-state index in [2.05, 4.69) is 26.7 Å². The van der Waals surface area contributed by atoms with Gasteiger partial charge in [0.25, 0.3) is 0 Å². The number of aryl methyl sites for hydroxylation is 1. The lowest BCUT2D eigenvalue weighted by Crippen LogP contribution is -2.19. The second-order valence-electron chi connectivity index (χ2n) is 6.04. The molecule has 24 heavy (non-hydrogen) atoms. The largest absolute Gasteiger partial charge is 0.376 e. The highest BCUT2D eigenvalue weighted by atomic mass is 35.5. The lowest BCUT2D eigenvalue weighted by Gasteiger charge is -2.13. The van der Waals surface area contributed by atoms with Crippen LogP contribution in [0.4, 0.5) is 11.8 Å². The molecule has 0 radical (unpaired) electrons. The van der Waals surface area contributed by atoms with Gasteiger partial charge in [-0.25, -0.2) is 4.98 Å². The Morgan fingerprint density at radius 1 is 1.25 bits per heavy atom. The first-order valence-electron chi connectivity index (χ1n) is 8.38. The second-order valence-corrected chi connectivity index (χ2v) is 6.48. The van der Waals surface area contributed by atoms with Crippen molar-refractivity contribution in [1.82, 2.24) is 9.97 Å². The Morgan fingerprint density at radius 2 is 2.17 bits per heavy atom. The molecule has 0 saturated carbocycles. The van der Waals surface area contributed by atoms with Gasteiger partial charge in [-0.2, -0.15) is 4.98 Å². The molecule has 0 spiro atoms. The number of nitrogens with one attached hydrogen (secondary N) is 2. The number of rotatable bonds is 7. The summed E-state index contributed by atoms with van der Waals surface area (Å²) >= 11 is 6.01. The summed E-state index contributed by atoms with van der Waals surface area (Å²) in [5.74, 6) is 1.48. The highest BCUT2D eigenvalue weighted by Gasteiger charge is 2.15. The van der Waals surface area contributed by atoms with Crippen molar-refractivity contribution in [3.05, 3.63) is 46.6 Å². The maximum atomic E-state index is 6.01. The summed E-state index contributed by atoms with van der Waals surface area (Å²) < 4.78 is 5.63. The molecule has 1 saturated heterocycles. The van der Waals surface area contributed by atoms with Gasteiger partial charge in [0.15, 0.2) is 0 Å². The lowest BCUT2D eigenvalue weighted by molar-refractivity contribution is 0.120. The normalized spacial score (nSPS) is 17.0. The fraction of sp³-hybridized carbons (Fsp3) is 0.444. The Morgan fingerprint density at radius 3 is 2.96 bits per heavy atom. The van der Waals surface area contributed by atoms with Gasteiger partial charge in [-0.15, -0.1) is 0 Å². The van der Waals surface area contributed by atoms with Crippen molar-refractivity contribution >= 4 is 23.4 Å². The molecule has 6 heteroatoms. The van der Waals surface area contributed by atoms with E-state index in [4.69, 9.17) is 16.3 Å². The van der Waals surface area contributed by atoms with E-state index >= 15 is 0 Å². The van der Waals surface area contributed by atoms with Crippen LogP contribution in [-0.4, -0.2) is 35.8 Å². The van der Waals surface area contributed by atoms with Crippen LogP contribution >= 0.6 is 11.6 Å². The number of hydrogen-bond donors (Lipinski definition) is 2. The van der Waals surface area contributed by atoms with Crippen LogP contribution in [0.2, 0.25) is 5.02 Å². The van der Waals surface area contributed by atoms with E-state index in [9.17, 15) is 0 Å². The predicted octanol–water partition coefficient (Wildman–Crippen LogP) is 3.68. The lowest BCUT2D eigenvalue weighted by atomic mass is 10.1. The fourth-order valence-corrected chi connectivity index (χ4v) is 2.99. The molecule has 128 valence electrons. The molecule has 5 nitrogen and oxygen atoms in total. The Kier molecular flexibility index (Phi) is 5.88. The highest BCUT2D eigenvalue weighted by molar-refractivity contribution is 6.30. The second kappa shape index (κ2) is 8.31. The van der Waals surface area contributed by atoms with Gasteiger partial charge in [0.2, 0.25) is 5.95 Å². The summed E-state index contributed by atoms with van der Waals surface area (Å²) in [6.45, 7) is 4.39. The van der Waals surface area contributed by atoms with Crippen molar-refractivity contribution in [1.29, 1.82) is 0 Å². The number of halogens is 1. The van der Waals surface area contributed by atoms with Gasteiger partial charge >= 0.3 is 0 Å². The maximum absolute atomic E-state index is 6.01. The van der Waals surface area contributed by atoms with Crippen molar-refractivity contribution in [2.45, 2.75) is 32.3 Å². The van der Waals surface area contributed by atoms with Crippen molar-refractivity contribution in [2.24, 2.45) is 0 Å². The van der Waals surface area contributed by atoms with E-state index in [0.717, 1.165) is 55.5 Å². The highest BCUT2D eigenvalue weighted by Crippen LogP contribution is 2.15. The van der Waals surface area contributed by atoms with Gasteiger partial charge in [0.05, 0.1) is 6.10 Å². The van der Waals surface area contributed by atoms with Gasteiger partial charge in [-0.05, 0) is 43.9 Å². The molecule has 2 aromatic rings. The minimum atomic E-state index is 0.291. The van der Waals surface area contributed by atoms with Crippen LogP contribution in [0.5, 0.6) is 0 Å². The predicted molar refractivity (Wildman–Crippen MR) is 97.9 cm³/mol. The Bertz CT molecular complexity index is 674. The maximum Gasteiger partial charge on any atom is 0.224 e. The van der Waals surface area contributed by atoms with Crippen molar-refractivity contribution in [2.75, 3.05) is 30.3 Å². The first kappa shape index (κ1) is 17.0. The molecular formula is C18H23ClN4O. The molecule has 2 heterocycles. The molecule has 3 rings (SSSR count). The molecule has 1 atom stereocenters. The summed E-state index contributed by atoms with van der Waals surface area (Å²) in [6, 6.07) is 9.85. The van der Waals surface area contributed by atoms with Gasteiger partial charge < -0.3 is 15.4 Å². The summed E-state index contributed by atoms with van der Waals surface area (Å²) in [7, 11) is 0. The van der Waals surface area contributed by atoms with Gasteiger partial charge in [0.1, 0.15) is 5.82 Å². The third-order valence-corrected chi connectivity index (χ3v) is 4.21. The van der Waals surface area contributed by atoms with Crippen molar-refractivity contribution in [3.8, 4) is 0 Å². The first-order chi connectivity index (χ1) is 11.7. The monoisotopic (exact) mass is 346 g/mol. The zero-order chi connectivity index (χ0) is 16.8. The Hall–Kier alpha value is -1.85. The number of ether oxygens (including phenoxy) is 1. The molecule has 1 aromatic heterocycles. The number of benzene rings is 1. The molecule has 2 N–H and O–H groups in total. The fourth-order valence-electron chi connectivity index (χ4n) is 2.77. The zero-order valence-electron chi connectivity index (χ0n) is 13.9. The average molecular weight is 347 g/mol. The van der Waals surface area contributed by atoms with E-state index in [0.29, 0.717) is 12.1 Å². The zero-order valence-corrected chi connectivity index (χ0v) is 14.6. The third-order valence-electron chi connectivity index (χ3n) is 3.97. The van der Waals surface area contributed by atoms with Crippen LogP contribution in [0.15, 0.2) is 30.3 Å². The SMILES string of the molecule is Cc1cc(NCC2CCCO2)nc(NCCc2cccc(Cl)c2)n1. The molecule has 1 unspecified atom stereocenters. The van der Waals surface area contributed by atoms with Crippen LogP contribution in [0, 0.1) is 6.92 Å². The number of aromatic nitrogens is 2. The van der Waals surface area contributed by atoms with Crippen LogP contribution in [0.25, 0.3) is 0 Å². The van der Waals surface area contributed by atoms with Crippen LogP contribution in [0.3, 0.4) is 0 Å². The molecule has 0 aliphatic carbocycles. The third kappa shape index (κ3) is 5.08.